The fraction of sp³-hybridized carbons (Fsp3) is 0.652. The quantitative estimate of drug-likeness (QED) is 0.316. The van der Waals surface area contributed by atoms with Gasteiger partial charge in [-0.1, -0.05) is 12.1 Å². The number of aliphatic imine (C=N–C) groups is 1. The third-order valence-electron chi connectivity index (χ3n) is 6.33. The molecule has 1 amide bonds. The van der Waals surface area contributed by atoms with Crippen molar-refractivity contribution in [3.8, 4) is 5.75 Å². The number of amides is 1. The Morgan fingerprint density at radius 2 is 1.88 bits per heavy atom. The summed E-state index contributed by atoms with van der Waals surface area (Å²) in [5.74, 6) is 1.67. The maximum atomic E-state index is 11.9. The van der Waals surface area contributed by atoms with Crippen molar-refractivity contribution in [2.24, 2.45) is 4.99 Å². The molecule has 0 aromatic heterocycles. The number of ether oxygens (including phenoxy) is 3. The first kappa shape index (κ1) is 26.5. The SMILES string of the molecule is CCOC(=O)N1CCC(NC(=NC)NCC2(c3ccc(OC)cc3)CCOCC2)CC1.I. The highest BCUT2D eigenvalue weighted by Crippen LogP contribution is 2.35. The minimum atomic E-state index is -0.218. The van der Waals surface area contributed by atoms with Crippen molar-refractivity contribution in [3.63, 3.8) is 0 Å². The van der Waals surface area contributed by atoms with Crippen LogP contribution in [0, 0.1) is 0 Å². The van der Waals surface area contributed by atoms with Crippen LogP contribution in [0.25, 0.3) is 0 Å². The van der Waals surface area contributed by atoms with E-state index in [0.717, 1.165) is 57.2 Å². The number of methoxy groups -OCH3 is 1. The Bertz CT molecular complexity index is 730. The summed E-state index contributed by atoms with van der Waals surface area (Å²) in [4.78, 5) is 18.1. The van der Waals surface area contributed by atoms with Crippen LogP contribution in [0.3, 0.4) is 0 Å². The molecule has 8 nitrogen and oxygen atoms in total. The normalized spacial score (nSPS) is 19.0. The molecule has 0 spiro atoms. The molecule has 2 N–H and O–H groups in total. The molecule has 180 valence electrons. The van der Waals surface area contributed by atoms with E-state index in [0.29, 0.717) is 19.7 Å². The van der Waals surface area contributed by atoms with Crippen LogP contribution in [0.4, 0.5) is 4.79 Å². The van der Waals surface area contributed by atoms with E-state index in [2.05, 4.69) is 27.8 Å². The molecule has 0 bridgehead atoms. The maximum Gasteiger partial charge on any atom is 0.409 e. The fourth-order valence-corrected chi connectivity index (χ4v) is 4.34. The van der Waals surface area contributed by atoms with Gasteiger partial charge in [-0.15, -0.1) is 24.0 Å². The van der Waals surface area contributed by atoms with Gasteiger partial charge in [0.05, 0.1) is 13.7 Å². The molecular formula is C23H37IN4O4. The smallest absolute Gasteiger partial charge is 0.409 e. The van der Waals surface area contributed by atoms with E-state index in [1.54, 1.807) is 19.1 Å². The molecule has 2 aliphatic heterocycles. The van der Waals surface area contributed by atoms with Crippen molar-refractivity contribution >= 4 is 36.0 Å². The lowest BCUT2D eigenvalue weighted by atomic mass is 9.74. The second kappa shape index (κ2) is 13.1. The molecule has 2 fully saturated rings. The van der Waals surface area contributed by atoms with Crippen LogP contribution < -0.4 is 15.4 Å². The number of halogens is 1. The van der Waals surface area contributed by atoms with E-state index >= 15 is 0 Å². The molecular weight excluding hydrogens is 523 g/mol. The summed E-state index contributed by atoms with van der Waals surface area (Å²) in [6.07, 6.45) is 3.45. The van der Waals surface area contributed by atoms with Crippen molar-refractivity contribution in [2.75, 3.05) is 53.6 Å². The zero-order chi connectivity index (χ0) is 22.1. The average Bonchev–Trinajstić information content (AvgIpc) is 2.83. The van der Waals surface area contributed by atoms with E-state index in [9.17, 15) is 4.79 Å². The van der Waals surface area contributed by atoms with Gasteiger partial charge in [-0.25, -0.2) is 4.79 Å². The summed E-state index contributed by atoms with van der Waals surface area (Å²) in [5, 5.41) is 7.09. The third kappa shape index (κ3) is 6.87. The predicted molar refractivity (Wildman–Crippen MR) is 136 cm³/mol. The van der Waals surface area contributed by atoms with E-state index in [4.69, 9.17) is 14.2 Å². The largest absolute Gasteiger partial charge is 0.497 e. The Hall–Kier alpha value is -1.75. The average molecular weight is 560 g/mol. The van der Waals surface area contributed by atoms with Gasteiger partial charge in [0.1, 0.15) is 5.75 Å². The van der Waals surface area contributed by atoms with Gasteiger partial charge in [-0.3, -0.25) is 4.99 Å². The molecule has 0 aliphatic carbocycles. The van der Waals surface area contributed by atoms with E-state index in [1.807, 2.05) is 19.1 Å². The molecule has 9 heteroatoms. The monoisotopic (exact) mass is 560 g/mol. The standard InChI is InChI=1S/C23H36N4O4.HI/c1-4-31-22(28)27-13-9-19(10-14-27)26-21(24-2)25-17-23(11-15-30-16-12-23)18-5-7-20(29-3)8-6-18;/h5-8,19H,4,9-17H2,1-3H3,(H2,24,25,26);1H. The topological polar surface area (TPSA) is 84.4 Å². The number of guanidine groups is 1. The van der Waals surface area contributed by atoms with Gasteiger partial charge in [0.2, 0.25) is 0 Å². The Kier molecular flexibility index (Phi) is 10.8. The first-order chi connectivity index (χ1) is 15.1. The number of carbonyl (C=O) groups excluding carboxylic acids is 1. The number of nitrogens with one attached hydrogen (secondary N) is 2. The van der Waals surface area contributed by atoms with Gasteiger partial charge >= 0.3 is 6.09 Å². The number of hydrogen-bond donors (Lipinski definition) is 2. The minimum absolute atomic E-state index is 0. The fourth-order valence-electron chi connectivity index (χ4n) is 4.34. The Labute approximate surface area is 208 Å². The highest BCUT2D eigenvalue weighted by atomic mass is 127. The maximum absolute atomic E-state index is 11.9. The molecule has 1 aromatic carbocycles. The summed E-state index contributed by atoms with van der Waals surface area (Å²) >= 11 is 0. The molecule has 0 radical (unpaired) electrons. The van der Waals surface area contributed by atoms with Crippen LogP contribution >= 0.6 is 24.0 Å². The summed E-state index contributed by atoms with van der Waals surface area (Å²) in [7, 11) is 3.49. The van der Waals surface area contributed by atoms with Gasteiger partial charge in [0, 0.05) is 51.4 Å². The molecule has 32 heavy (non-hydrogen) atoms. The number of rotatable bonds is 6. The van der Waals surface area contributed by atoms with Crippen LogP contribution in [0.2, 0.25) is 0 Å². The Morgan fingerprint density at radius 3 is 2.44 bits per heavy atom. The van der Waals surface area contributed by atoms with Gasteiger partial charge < -0.3 is 29.7 Å². The minimum Gasteiger partial charge on any atom is -0.497 e. The second-order valence-corrected chi connectivity index (χ2v) is 8.15. The van der Waals surface area contributed by atoms with Gasteiger partial charge in [-0.2, -0.15) is 0 Å². The van der Waals surface area contributed by atoms with Crippen molar-refractivity contribution < 1.29 is 19.0 Å². The van der Waals surface area contributed by atoms with E-state index in [1.165, 1.54) is 5.56 Å². The number of piperidine rings is 1. The molecule has 0 unspecified atom stereocenters. The van der Waals surface area contributed by atoms with Crippen LogP contribution in [0.15, 0.2) is 29.3 Å². The lowest BCUT2D eigenvalue weighted by Gasteiger charge is -2.39. The van der Waals surface area contributed by atoms with Gasteiger partial charge in [-0.05, 0) is 50.3 Å². The first-order valence-electron chi connectivity index (χ1n) is 11.2. The molecule has 2 aliphatic rings. The van der Waals surface area contributed by atoms with Crippen LogP contribution in [0.5, 0.6) is 5.75 Å². The molecule has 2 saturated heterocycles. The number of benzene rings is 1. The number of hydrogen-bond acceptors (Lipinski definition) is 5. The van der Waals surface area contributed by atoms with Crippen LogP contribution in [0.1, 0.15) is 38.2 Å². The Balaban J connectivity index is 0.00000363. The lowest BCUT2D eigenvalue weighted by molar-refractivity contribution is 0.0513. The molecule has 0 saturated carbocycles. The van der Waals surface area contributed by atoms with Crippen molar-refractivity contribution in [3.05, 3.63) is 29.8 Å². The van der Waals surface area contributed by atoms with Crippen LogP contribution in [-0.4, -0.2) is 76.6 Å². The van der Waals surface area contributed by atoms with Gasteiger partial charge in [0.25, 0.3) is 0 Å². The lowest BCUT2D eigenvalue weighted by Crippen LogP contribution is -2.52. The number of likely N-dealkylation sites (tertiary alicyclic amines) is 1. The zero-order valence-electron chi connectivity index (χ0n) is 19.4. The summed E-state index contributed by atoms with van der Waals surface area (Å²) in [6, 6.07) is 8.65. The Morgan fingerprint density at radius 1 is 1.22 bits per heavy atom. The zero-order valence-corrected chi connectivity index (χ0v) is 21.7. The van der Waals surface area contributed by atoms with Crippen molar-refractivity contribution in [2.45, 2.75) is 44.1 Å². The summed E-state index contributed by atoms with van der Waals surface area (Å²) in [5.41, 5.74) is 1.29. The van der Waals surface area contributed by atoms with Gasteiger partial charge in [0.15, 0.2) is 5.96 Å². The molecule has 1 aromatic rings. The number of carbonyl (C=O) groups is 1. The van der Waals surface area contributed by atoms with E-state index in [-0.39, 0.29) is 41.5 Å². The molecule has 0 atom stereocenters. The second-order valence-electron chi connectivity index (χ2n) is 8.15. The highest BCUT2D eigenvalue weighted by molar-refractivity contribution is 14.0. The van der Waals surface area contributed by atoms with Crippen LogP contribution in [-0.2, 0) is 14.9 Å². The molecule has 3 rings (SSSR count). The predicted octanol–water partition coefficient (Wildman–Crippen LogP) is 3.15. The summed E-state index contributed by atoms with van der Waals surface area (Å²) < 4.78 is 16.1. The third-order valence-corrected chi connectivity index (χ3v) is 6.33. The van der Waals surface area contributed by atoms with Crippen molar-refractivity contribution in [1.82, 2.24) is 15.5 Å². The summed E-state index contributed by atoms with van der Waals surface area (Å²) in [6.45, 7) is 5.93. The highest BCUT2D eigenvalue weighted by Gasteiger charge is 2.35. The molecule has 2 heterocycles. The first-order valence-corrected chi connectivity index (χ1v) is 11.2. The van der Waals surface area contributed by atoms with Crippen molar-refractivity contribution in [1.29, 1.82) is 0 Å². The van der Waals surface area contributed by atoms with E-state index < -0.39 is 0 Å². The number of nitrogens with zero attached hydrogens (tertiary/aromatic N) is 2.